The summed E-state index contributed by atoms with van der Waals surface area (Å²) < 4.78 is 27.9. The Kier molecular flexibility index (Phi) is 6.40. The van der Waals surface area contributed by atoms with Gasteiger partial charge in [0.05, 0.1) is 9.82 Å². The molecule has 2 N–H and O–H groups in total. The molecule has 9 heteroatoms. The number of nitro groups is 1. The van der Waals surface area contributed by atoms with E-state index in [2.05, 4.69) is 10.0 Å². The fraction of sp³-hybridized carbons (Fsp3) is 0.316. The highest BCUT2D eigenvalue weighted by Crippen LogP contribution is 2.27. The molecule has 0 radical (unpaired) electrons. The molecule has 0 unspecified atom stereocenters. The van der Waals surface area contributed by atoms with Crippen molar-refractivity contribution < 1.29 is 18.1 Å². The van der Waals surface area contributed by atoms with Gasteiger partial charge in [0.15, 0.2) is 0 Å². The van der Waals surface area contributed by atoms with Crippen LogP contribution >= 0.6 is 0 Å². The third-order valence-electron chi connectivity index (χ3n) is 4.12. The number of carbonyl (C=O) groups is 1. The van der Waals surface area contributed by atoms with E-state index in [0.29, 0.717) is 23.2 Å². The Hall–Kier alpha value is -2.94. The summed E-state index contributed by atoms with van der Waals surface area (Å²) in [7, 11) is -4.02. The minimum Gasteiger partial charge on any atom is -0.326 e. The number of hydrogen-bond acceptors (Lipinski definition) is 5. The Morgan fingerprint density at radius 2 is 1.68 bits per heavy atom. The van der Waals surface area contributed by atoms with Crippen LogP contribution in [-0.2, 0) is 14.8 Å². The van der Waals surface area contributed by atoms with Gasteiger partial charge in [0, 0.05) is 29.9 Å². The molecule has 0 saturated heterocycles. The van der Waals surface area contributed by atoms with Gasteiger partial charge in [-0.1, -0.05) is 13.8 Å². The predicted octanol–water partition coefficient (Wildman–Crippen LogP) is 4.00. The predicted molar refractivity (Wildman–Crippen MR) is 108 cm³/mol. The molecule has 28 heavy (non-hydrogen) atoms. The van der Waals surface area contributed by atoms with Gasteiger partial charge in [0.2, 0.25) is 5.91 Å². The van der Waals surface area contributed by atoms with Crippen molar-refractivity contribution in [1.29, 1.82) is 0 Å². The number of non-ortho nitro benzene ring substituents is 1. The minimum atomic E-state index is -4.02. The second kappa shape index (κ2) is 8.39. The van der Waals surface area contributed by atoms with Crippen molar-refractivity contribution in [2.24, 2.45) is 5.92 Å². The van der Waals surface area contributed by atoms with Gasteiger partial charge >= 0.3 is 0 Å². The Bertz CT molecular complexity index is 999. The van der Waals surface area contributed by atoms with Crippen LogP contribution in [0.2, 0.25) is 0 Å². The first kappa shape index (κ1) is 21.4. The lowest BCUT2D eigenvalue weighted by atomic mass is 10.1. The minimum absolute atomic E-state index is 0.119. The second-order valence-corrected chi connectivity index (χ2v) is 8.62. The Morgan fingerprint density at radius 3 is 2.21 bits per heavy atom. The fourth-order valence-electron chi connectivity index (χ4n) is 2.61. The number of aryl methyl sites for hydroxylation is 1. The second-order valence-electron chi connectivity index (χ2n) is 6.97. The molecule has 0 atom stereocenters. The Labute approximate surface area is 164 Å². The van der Waals surface area contributed by atoms with Crippen molar-refractivity contribution in [3.05, 3.63) is 57.6 Å². The van der Waals surface area contributed by atoms with Crippen LogP contribution in [0.15, 0.2) is 41.3 Å². The molecular weight excluding hydrogens is 382 g/mol. The maximum Gasteiger partial charge on any atom is 0.271 e. The van der Waals surface area contributed by atoms with Gasteiger partial charge < -0.3 is 5.32 Å². The summed E-state index contributed by atoms with van der Waals surface area (Å²) in [5.41, 5.74) is 1.50. The van der Waals surface area contributed by atoms with Crippen LogP contribution in [0.5, 0.6) is 0 Å². The molecule has 2 aromatic rings. The standard InChI is InChI=1S/C19H23N3O5S/c1-12(2)9-19(23)20-15-5-7-16(8-6-15)21-28(26,27)18-11-17(22(24)25)10-13(3)14(18)4/h5-8,10-12,21H,9H2,1-4H3,(H,20,23). The topological polar surface area (TPSA) is 118 Å². The van der Waals surface area contributed by atoms with E-state index in [0.717, 1.165) is 6.07 Å². The largest absolute Gasteiger partial charge is 0.326 e. The number of rotatable bonds is 7. The average Bonchev–Trinajstić information content (AvgIpc) is 2.57. The van der Waals surface area contributed by atoms with Crippen molar-refractivity contribution in [2.75, 3.05) is 10.0 Å². The SMILES string of the molecule is Cc1cc([N+](=O)[O-])cc(S(=O)(=O)Nc2ccc(NC(=O)CC(C)C)cc2)c1C. The monoisotopic (exact) mass is 405 g/mol. The van der Waals surface area contributed by atoms with Crippen molar-refractivity contribution in [2.45, 2.75) is 39.0 Å². The number of nitrogens with zero attached hydrogens (tertiary/aromatic N) is 1. The smallest absolute Gasteiger partial charge is 0.271 e. The summed E-state index contributed by atoms with van der Waals surface area (Å²) in [4.78, 5) is 22.1. The lowest BCUT2D eigenvalue weighted by Gasteiger charge is -2.13. The maximum absolute atomic E-state index is 12.7. The van der Waals surface area contributed by atoms with Gasteiger partial charge in [-0.2, -0.15) is 0 Å². The number of nitrogens with one attached hydrogen (secondary N) is 2. The summed E-state index contributed by atoms with van der Waals surface area (Å²) >= 11 is 0. The molecule has 2 rings (SSSR count). The lowest BCUT2D eigenvalue weighted by Crippen LogP contribution is -2.16. The van der Waals surface area contributed by atoms with Crippen molar-refractivity contribution in [3.63, 3.8) is 0 Å². The average molecular weight is 405 g/mol. The molecule has 0 fully saturated rings. The van der Waals surface area contributed by atoms with E-state index in [-0.39, 0.29) is 28.1 Å². The molecule has 0 aliphatic carbocycles. The fourth-order valence-corrected chi connectivity index (χ4v) is 4.00. The molecule has 1 amide bonds. The molecular formula is C19H23N3O5S. The highest BCUT2D eigenvalue weighted by Gasteiger charge is 2.22. The van der Waals surface area contributed by atoms with Crippen LogP contribution in [0, 0.1) is 29.9 Å². The molecule has 0 heterocycles. The van der Waals surface area contributed by atoms with Gasteiger partial charge in [-0.05, 0) is 55.2 Å². The van der Waals surface area contributed by atoms with Gasteiger partial charge in [-0.3, -0.25) is 19.6 Å². The number of carbonyl (C=O) groups excluding carboxylic acids is 1. The number of amides is 1. The quantitative estimate of drug-likeness (QED) is 0.533. The van der Waals surface area contributed by atoms with Crippen LogP contribution in [0.4, 0.5) is 17.1 Å². The maximum atomic E-state index is 12.7. The summed E-state index contributed by atoms with van der Waals surface area (Å²) in [6.07, 6.45) is 0.389. The first-order chi connectivity index (χ1) is 13.0. The van der Waals surface area contributed by atoms with Crippen molar-refractivity contribution >= 4 is 33.0 Å². The number of hydrogen-bond donors (Lipinski definition) is 2. The van der Waals surface area contributed by atoms with Gasteiger partial charge in [0.25, 0.3) is 15.7 Å². The Balaban J connectivity index is 2.23. The molecule has 150 valence electrons. The molecule has 0 bridgehead atoms. The summed E-state index contributed by atoms with van der Waals surface area (Å²) in [5.74, 6) is 0.110. The molecule has 0 aliphatic rings. The number of benzene rings is 2. The van der Waals surface area contributed by atoms with Crippen LogP contribution in [0.3, 0.4) is 0 Å². The number of anilines is 2. The molecule has 2 aromatic carbocycles. The van der Waals surface area contributed by atoms with Gasteiger partial charge in [0.1, 0.15) is 0 Å². The number of sulfonamides is 1. The zero-order valence-corrected chi connectivity index (χ0v) is 17.0. The number of nitro benzene ring substituents is 1. The normalized spacial score (nSPS) is 11.3. The zero-order chi connectivity index (χ0) is 21.1. The van der Waals surface area contributed by atoms with E-state index in [4.69, 9.17) is 0 Å². The Morgan fingerprint density at radius 1 is 1.11 bits per heavy atom. The third-order valence-corrected chi connectivity index (χ3v) is 5.63. The van der Waals surface area contributed by atoms with E-state index < -0.39 is 14.9 Å². The highest BCUT2D eigenvalue weighted by molar-refractivity contribution is 7.92. The van der Waals surface area contributed by atoms with E-state index >= 15 is 0 Å². The molecule has 8 nitrogen and oxygen atoms in total. The lowest BCUT2D eigenvalue weighted by molar-refractivity contribution is -0.385. The van der Waals surface area contributed by atoms with Gasteiger partial charge in [-0.15, -0.1) is 0 Å². The van der Waals surface area contributed by atoms with Crippen LogP contribution in [-0.4, -0.2) is 19.2 Å². The first-order valence-corrected chi connectivity index (χ1v) is 10.2. The van der Waals surface area contributed by atoms with Gasteiger partial charge in [-0.25, -0.2) is 8.42 Å². The molecule has 0 saturated carbocycles. The van der Waals surface area contributed by atoms with Crippen molar-refractivity contribution in [3.8, 4) is 0 Å². The summed E-state index contributed by atoms with van der Waals surface area (Å²) in [5, 5.41) is 13.8. The van der Waals surface area contributed by atoms with Crippen molar-refractivity contribution in [1.82, 2.24) is 0 Å². The van der Waals surface area contributed by atoms with Crippen LogP contribution < -0.4 is 10.0 Å². The van der Waals surface area contributed by atoms with E-state index in [1.54, 1.807) is 26.0 Å². The highest BCUT2D eigenvalue weighted by atomic mass is 32.2. The van der Waals surface area contributed by atoms with Crippen LogP contribution in [0.1, 0.15) is 31.4 Å². The molecule has 0 spiro atoms. The van der Waals surface area contributed by atoms with E-state index in [1.165, 1.54) is 18.2 Å². The first-order valence-electron chi connectivity index (χ1n) is 8.68. The summed E-state index contributed by atoms with van der Waals surface area (Å²) in [6.45, 7) is 7.10. The third kappa shape index (κ3) is 5.29. The molecule has 0 aliphatic heterocycles. The van der Waals surface area contributed by atoms with Crippen LogP contribution in [0.25, 0.3) is 0 Å². The van der Waals surface area contributed by atoms with E-state index in [9.17, 15) is 23.3 Å². The summed E-state index contributed by atoms with van der Waals surface area (Å²) in [6, 6.07) is 8.58. The molecule has 0 aromatic heterocycles. The van der Waals surface area contributed by atoms with E-state index in [1.807, 2.05) is 13.8 Å². The zero-order valence-electron chi connectivity index (χ0n) is 16.1.